The summed E-state index contributed by atoms with van der Waals surface area (Å²) in [7, 11) is -3.00. The van der Waals surface area contributed by atoms with Crippen LogP contribution in [0.15, 0.2) is 0 Å². The van der Waals surface area contributed by atoms with Gasteiger partial charge in [0.2, 0.25) is 0 Å². The smallest absolute Gasteiger partial charge is 0.320 e. The molecule has 0 aromatic carbocycles. The number of nitrogens with zero attached hydrogens (tertiary/aromatic N) is 2. The van der Waals surface area contributed by atoms with Crippen molar-refractivity contribution in [1.29, 1.82) is 0 Å². The Hall–Kier alpha value is -0.820. The van der Waals surface area contributed by atoms with Crippen LogP contribution in [0.4, 0.5) is 4.79 Å². The first-order valence-corrected chi connectivity index (χ1v) is 7.47. The number of hydrogen-bond donors (Lipinski definition) is 1. The second-order valence-electron chi connectivity index (χ2n) is 4.41. The number of carbonyl (C=O) groups excluding carboxylic acids is 1. The van der Waals surface area contributed by atoms with Gasteiger partial charge in [-0.15, -0.1) is 0 Å². The fraction of sp³-hybridized carbons (Fsp3) is 0.889. The number of carbonyl (C=O) groups is 1. The largest absolute Gasteiger partial charge is 0.322 e. The Morgan fingerprint density at radius 1 is 1.50 bits per heavy atom. The van der Waals surface area contributed by atoms with E-state index in [1.54, 1.807) is 4.90 Å². The first-order chi connectivity index (χ1) is 7.47. The molecule has 2 saturated heterocycles. The quantitative estimate of drug-likeness (QED) is 0.676. The zero-order chi connectivity index (χ0) is 11.8. The summed E-state index contributed by atoms with van der Waals surface area (Å²) in [6.45, 7) is 3.30. The van der Waals surface area contributed by atoms with E-state index in [1.165, 1.54) is 6.26 Å². The molecule has 16 heavy (non-hydrogen) atoms. The molecule has 2 amide bonds. The summed E-state index contributed by atoms with van der Waals surface area (Å²) >= 11 is 0. The minimum Gasteiger partial charge on any atom is -0.322 e. The number of urea groups is 1. The number of fused-ring (bicyclic) bond motifs is 1. The van der Waals surface area contributed by atoms with Gasteiger partial charge in [0, 0.05) is 39.0 Å². The Balaban J connectivity index is 1.95. The number of piperazine rings is 1. The van der Waals surface area contributed by atoms with Crippen molar-refractivity contribution in [3.8, 4) is 0 Å². The van der Waals surface area contributed by atoms with Crippen molar-refractivity contribution in [2.75, 3.05) is 44.7 Å². The average molecular weight is 247 g/mol. The standard InChI is InChI=1S/C9H17N3O3S/c1-16(14,15)5-4-11-7-8-6-10-2-3-12(8)9(11)13/h8,10H,2-7H2,1H3. The highest BCUT2D eigenvalue weighted by atomic mass is 32.2. The lowest BCUT2D eigenvalue weighted by molar-refractivity contribution is 0.180. The maximum Gasteiger partial charge on any atom is 0.320 e. The number of rotatable bonds is 3. The van der Waals surface area contributed by atoms with Gasteiger partial charge in [-0.1, -0.05) is 0 Å². The number of hydrogen-bond acceptors (Lipinski definition) is 4. The summed E-state index contributed by atoms with van der Waals surface area (Å²) < 4.78 is 22.1. The van der Waals surface area contributed by atoms with E-state index in [-0.39, 0.29) is 17.8 Å². The molecule has 0 radical (unpaired) electrons. The maximum atomic E-state index is 11.9. The Kier molecular flexibility index (Phi) is 3.07. The molecule has 0 saturated carbocycles. The van der Waals surface area contributed by atoms with Crippen molar-refractivity contribution >= 4 is 15.9 Å². The molecule has 6 nitrogen and oxygen atoms in total. The first-order valence-electron chi connectivity index (χ1n) is 5.41. The molecule has 2 aliphatic rings. The first kappa shape index (κ1) is 11.7. The summed E-state index contributed by atoms with van der Waals surface area (Å²) in [5.74, 6) is 0.0483. The average Bonchev–Trinajstić information content (AvgIpc) is 2.53. The van der Waals surface area contributed by atoms with Gasteiger partial charge in [0.15, 0.2) is 0 Å². The molecule has 2 rings (SSSR count). The van der Waals surface area contributed by atoms with Crippen molar-refractivity contribution in [3.63, 3.8) is 0 Å². The highest BCUT2D eigenvalue weighted by Crippen LogP contribution is 2.16. The lowest BCUT2D eigenvalue weighted by Crippen LogP contribution is -2.49. The molecule has 92 valence electrons. The molecule has 1 N–H and O–H groups in total. The Morgan fingerprint density at radius 3 is 2.88 bits per heavy atom. The zero-order valence-corrected chi connectivity index (χ0v) is 10.2. The number of sulfone groups is 1. The van der Waals surface area contributed by atoms with Crippen LogP contribution < -0.4 is 5.32 Å². The van der Waals surface area contributed by atoms with Gasteiger partial charge < -0.3 is 15.1 Å². The minimum absolute atomic E-state index is 0.0184. The Bertz CT molecular complexity index is 381. The molecule has 1 atom stereocenters. The van der Waals surface area contributed by atoms with Crippen LogP contribution in [-0.4, -0.2) is 75.0 Å². The van der Waals surface area contributed by atoms with Crippen LogP contribution in [-0.2, 0) is 9.84 Å². The zero-order valence-electron chi connectivity index (χ0n) is 9.35. The van der Waals surface area contributed by atoms with Crippen LogP contribution in [0.25, 0.3) is 0 Å². The predicted molar refractivity (Wildman–Crippen MR) is 60.0 cm³/mol. The van der Waals surface area contributed by atoms with Crippen LogP contribution in [0.5, 0.6) is 0 Å². The van der Waals surface area contributed by atoms with E-state index in [0.29, 0.717) is 13.1 Å². The van der Waals surface area contributed by atoms with Gasteiger partial charge >= 0.3 is 6.03 Å². The predicted octanol–water partition coefficient (Wildman–Crippen LogP) is -1.26. The summed E-state index contributed by atoms with van der Waals surface area (Å²) in [5.41, 5.74) is 0. The van der Waals surface area contributed by atoms with Gasteiger partial charge in [0.25, 0.3) is 0 Å². The van der Waals surface area contributed by atoms with Crippen LogP contribution in [0.1, 0.15) is 0 Å². The van der Waals surface area contributed by atoms with Gasteiger partial charge in [-0.3, -0.25) is 0 Å². The third-order valence-corrected chi connectivity index (χ3v) is 3.95. The normalized spacial score (nSPS) is 26.1. The topological polar surface area (TPSA) is 69.7 Å². The van der Waals surface area contributed by atoms with Crippen LogP contribution in [0, 0.1) is 0 Å². The fourth-order valence-electron chi connectivity index (χ4n) is 2.15. The molecular formula is C9H17N3O3S. The molecule has 7 heteroatoms. The SMILES string of the molecule is CS(=O)(=O)CCN1CC2CNCCN2C1=O. The second kappa shape index (κ2) is 4.21. The number of nitrogens with one attached hydrogen (secondary N) is 1. The molecule has 0 aliphatic carbocycles. The van der Waals surface area contributed by atoms with E-state index in [9.17, 15) is 13.2 Å². The molecule has 0 aromatic rings. The summed E-state index contributed by atoms with van der Waals surface area (Å²) in [5, 5.41) is 3.23. The van der Waals surface area contributed by atoms with Crippen molar-refractivity contribution in [1.82, 2.24) is 15.1 Å². The van der Waals surface area contributed by atoms with Crippen molar-refractivity contribution < 1.29 is 13.2 Å². The minimum atomic E-state index is -3.00. The highest BCUT2D eigenvalue weighted by molar-refractivity contribution is 7.90. The fourth-order valence-corrected chi connectivity index (χ4v) is 2.71. The van der Waals surface area contributed by atoms with Gasteiger partial charge in [0.05, 0.1) is 11.8 Å². The van der Waals surface area contributed by atoms with Gasteiger partial charge in [-0.25, -0.2) is 13.2 Å². The summed E-state index contributed by atoms with van der Waals surface area (Å²) in [6, 6.07) is 0.191. The second-order valence-corrected chi connectivity index (χ2v) is 6.67. The number of amides is 2. The third kappa shape index (κ3) is 2.46. The molecule has 2 fully saturated rings. The molecule has 2 aliphatic heterocycles. The van der Waals surface area contributed by atoms with Crippen LogP contribution in [0.3, 0.4) is 0 Å². The van der Waals surface area contributed by atoms with E-state index >= 15 is 0 Å². The summed E-state index contributed by atoms with van der Waals surface area (Å²) in [4.78, 5) is 15.4. The van der Waals surface area contributed by atoms with Gasteiger partial charge in [-0.05, 0) is 0 Å². The molecule has 0 spiro atoms. The molecule has 1 unspecified atom stereocenters. The third-order valence-electron chi connectivity index (χ3n) is 3.03. The highest BCUT2D eigenvalue weighted by Gasteiger charge is 2.38. The van der Waals surface area contributed by atoms with E-state index in [1.807, 2.05) is 4.90 Å². The van der Waals surface area contributed by atoms with Crippen LogP contribution in [0.2, 0.25) is 0 Å². The van der Waals surface area contributed by atoms with E-state index in [4.69, 9.17) is 0 Å². The van der Waals surface area contributed by atoms with E-state index in [2.05, 4.69) is 5.32 Å². The van der Waals surface area contributed by atoms with Gasteiger partial charge in [0.1, 0.15) is 9.84 Å². The Labute approximate surface area is 95.5 Å². The lowest BCUT2D eigenvalue weighted by Gasteiger charge is -2.28. The van der Waals surface area contributed by atoms with Crippen molar-refractivity contribution in [2.24, 2.45) is 0 Å². The monoisotopic (exact) mass is 247 g/mol. The maximum absolute atomic E-state index is 11.9. The summed E-state index contributed by atoms with van der Waals surface area (Å²) in [6.07, 6.45) is 1.20. The van der Waals surface area contributed by atoms with Gasteiger partial charge in [-0.2, -0.15) is 0 Å². The molecular weight excluding hydrogens is 230 g/mol. The lowest BCUT2D eigenvalue weighted by atomic mass is 10.2. The molecule has 0 bridgehead atoms. The van der Waals surface area contributed by atoms with Crippen molar-refractivity contribution in [3.05, 3.63) is 0 Å². The molecule has 0 aromatic heterocycles. The van der Waals surface area contributed by atoms with E-state index < -0.39 is 9.84 Å². The van der Waals surface area contributed by atoms with Crippen molar-refractivity contribution in [2.45, 2.75) is 6.04 Å². The molecule has 2 heterocycles. The van der Waals surface area contributed by atoms with Crippen LogP contribution >= 0.6 is 0 Å². The van der Waals surface area contributed by atoms with E-state index in [0.717, 1.165) is 19.6 Å². The Morgan fingerprint density at radius 2 is 2.25 bits per heavy atom.